The molecule has 1 aliphatic rings. The smallest absolute Gasteiger partial charge is 0.227 e. The average Bonchev–Trinajstić information content (AvgIpc) is 3.10. The summed E-state index contributed by atoms with van der Waals surface area (Å²) >= 11 is 0. The Kier molecular flexibility index (Phi) is 9.34. The van der Waals surface area contributed by atoms with E-state index in [9.17, 15) is 4.79 Å². The fraction of sp³-hybridized carbons (Fsp3) is 0.412. The number of imidazole rings is 1. The molecule has 1 amide bonds. The number of halogens is 2. The van der Waals surface area contributed by atoms with Gasteiger partial charge in [-0.15, -0.1) is 24.8 Å². The molecule has 1 aliphatic heterocycles. The monoisotopic (exact) mass is 386 g/mol. The van der Waals surface area contributed by atoms with Crippen LogP contribution in [0.1, 0.15) is 12.8 Å². The maximum atomic E-state index is 12.4. The van der Waals surface area contributed by atoms with E-state index >= 15 is 0 Å². The number of amides is 1. The molecule has 0 radical (unpaired) electrons. The molecule has 25 heavy (non-hydrogen) atoms. The van der Waals surface area contributed by atoms with Gasteiger partial charge in [0, 0.05) is 18.3 Å². The topological polar surface area (TPSA) is 68.2 Å². The number of anilines is 1. The number of benzene rings is 1. The van der Waals surface area contributed by atoms with E-state index in [-0.39, 0.29) is 36.6 Å². The Morgan fingerprint density at radius 2 is 2.04 bits per heavy atom. The molecule has 138 valence electrons. The molecule has 0 aliphatic carbocycles. The molecular weight excluding hydrogens is 363 g/mol. The number of ether oxygens (including phenoxy) is 1. The Hall–Kier alpha value is -1.76. The predicted octanol–water partition coefficient (Wildman–Crippen LogP) is 2.74. The minimum atomic E-state index is 0. The molecule has 1 aromatic carbocycles. The lowest BCUT2D eigenvalue weighted by Gasteiger charge is -2.22. The molecule has 2 heterocycles. The lowest BCUT2D eigenvalue weighted by atomic mass is 9.97. The summed E-state index contributed by atoms with van der Waals surface area (Å²) in [5, 5.41) is 6.29. The molecule has 0 spiro atoms. The molecule has 0 saturated carbocycles. The summed E-state index contributed by atoms with van der Waals surface area (Å²) in [4.78, 5) is 16.4. The van der Waals surface area contributed by atoms with Crippen molar-refractivity contribution in [2.75, 3.05) is 25.0 Å². The van der Waals surface area contributed by atoms with Crippen LogP contribution < -0.4 is 15.4 Å². The lowest BCUT2D eigenvalue weighted by Crippen LogP contribution is -2.34. The van der Waals surface area contributed by atoms with Crippen LogP contribution >= 0.6 is 24.8 Å². The van der Waals surface area contributed by atoms with Crippen molar-refractivity contribution in [1.29, 1.82) is 0 Å². The Morgan fingerprint density at radius 3 is 2.76 bits per heavy atom. The predicted molar refractivity (Wildman–Crippen MR) is 103 cm³/mol. The van der Waals surface area contributed by atoms with Crippen LogP contribution in [0.5, 0.6) is 5.75 Å². The van der Waals surface area contributed by atoms with Gasteiger partial charge >= 0.3 is 0 Å². The van der Waals surface area contributed by atoms with E-state index < -0.39 is 0 Å². The lowest BCUT2D eigenvalue weighted by molar-refractivity contribution is -0.120. The maximum absolute atomic E-state index is 12.4. The summed E-state index contributed by atoms with van der Waals surface area (Å²) < 4.78 is 7.78. The van der Waals surface area contributed by atoms with Crippen molar-refractivity contribution in [3.05, 3.63) is 43.0 Å². The average molecular weight is 387 g/mol. The molecule has 1 aromatic heterocycles. The Labute approximate surface area is 160 Å². The first-order valence-electron chi connectivity index (χ1n) is 8.02. The number of rotatable bonds is 6. The second-order valence-electron chi connectivity index (χ2n) is 5.66. The highest BCUT2D eigenvalue weighted by molar-refractivity contribution is 5.94. The second-order valence-corrected chi connectivity index (χ2v) is 5.66. The number of piperidine rings is 1. The summed E-state index contributed by atoms with van der Waals surface area (Å²) in [5.41, 5.74) is 0.738. The minimum Gasteiger partial charge on any atom is -0.490 e. The molecule has 2 aromatic rings. The van der Waals surface area contributed by atoms with Gasteiger partial charge in [0.05, 0.1) is 18.6 Å². The number of para-hydroxylation sites is 2. The highest BCUT2D eigenvalue weighted by Crippen LogP contribution is 2.25. The SMILES string of the molecule is Cl.Cl.O=C(Nc1ccccc1OCCn1ccnc1)C1CCNCC1. The zero-order chi connectivity index (χ0) is 15.9. The zero-order valence-corrected chi connectivity index (χ0v) is 15.5. The fourth-order valence-electron chi connectivity index (χ4n) is 2.69. The largest absolute Gasteiger partial charge is 0.490 e. The van der Waals surface area contributed by atoms with Gasteiger partial charge in [-0.25, -0.2) is 4.98 Å². The third-order valence-electron chi connectivity index (χ3n) is 4.02. The molecule has 0 unspecified atom stereocenters. The molecule has 0 bridgehead atoms. The van der Waals surface area contributed by atoms with E-state index in [4.69, 9.17) is 4.74 Å². The third-order valence-corrected chi connectivity index (χ3v) is 4.02. The molecular formula is C17H24Cl2N4O2. The van der Waals surface area contributed by atoms with E-state index in [0.717, 1.165) is 38.2 Å². The number of nitrogens with zero attached hydrogens (tertiary/aromatic N) is 2. The summed E-state index contributed by atoms with van der Waals surface area (Å²) in [7, 11) is 0. The second kappa shape index (κ2) is 11.0. The summed E-state index contributed by atoms with van der Waals surface area (Å²) in [6.07, 6.45) is 7.17. The van der Waals surface area contributed by atoms with Gasteiger partial charge in [-0.3, -0.25) is 4.79 Å². The van der Waals surface area contributed by atoms with E-state index in [1.54, 1.807) is 12.5 Å². The number of aromatic nitrogens is 2. The van der Waals surface area contributed by atoms with Crippen LogP contribution in [0, 0.1) is 5.92 Å². The molecule has 8 heteroatoms. The van der Waals surface area contributed by atoms with Gasteiger partial charge < -0.3 is 19.9 Å². The number of hydrogen-bond donors (Lipinski definition) is 2. The van der Waals surface area contributed by atoms with E-state index in [1.807, 2.05) is 35.0 Å². The van der Waals surface area contributed by atoms with Crippen LogP contribution in [0.3, 0.4) is 0 Å². The van der Waals surface area contributed by atoms with Crippen LogP contribution in [0.15, 0.2) is 43.0 Å². The fourth-order valence-corrected chi connectivity index (χ4v) is 2.69. The van der Waals surface area contributed by atoms with Crippen molar-refractivity contribution in [3.63, 3.8) is 0 Å². The van der Waals surface area contributed by atoms with E-state index in [1.165, 1.54) is 0 Å². The first kappa shape index (κ1) is 21.3. The van der Waals surface area contributed by atoms with Gasteiger partial charge in [0.2, 0.25) is 5.91 Å². The van der Waals surface area contributed by atoms with Gasteiger partial charge in [-0.2, -0.15) is 0 Å². The number of nitrogens with one attached hydrogen (secondary N) is 2. The molecule has 3 rings (SSSR count). The van der Waals surface area contributed by atoms with E-state index in [0.29, 0.717) is 12.4 Å². The van der Waals surface area contributed by atoms with Crippen LogP contribution in [0.2, 0.25) is 0 Å². The minimum absolute atomic E-state index is 0. The normalized spacial score (nSPS) is 14.1. The van der Waals surface area contributed by atoms with Crippen molar-refractivity contribution in [3.8, 4) is 5.75 Å². The Morgan fingerprint density at radius 1 is 1.28 bits per heavy atom. The van der Waals surface area contributed by atoms with Crippen molar-refractivity contribution in [2.45, 2.75) is 19.4 Å². The summed E-state index contributed by atoms with van der Waals surface area (Å²) in [5.74, 6) is 0.863. The zero-order valence-electron chi connectivity index (χ0n) is 13.9. The molecule has 6 nitrogen and oxygen atoms in total. The van der Waals surface area contributed by atoms with E-state index in [2.05, 4.69) is 15.6 Å². The van der Waals surface area contributed by atoms with Crippen LogP contribution in [-0.4, -0.2) is 35.2 Å². The van der Waals surface area contributed by atoms with Crippen LogP contribution in [0.4, 0.5) is 5.69 Å². The standard InChI is InChI=1S/C17H22N4O2.2ClH/c22-17(14-5-7-18-8-6-14)20-15-3-1-2-4-16(15)23-12-11-21-10-9-19-13-21;;/h1-4,9-10,13-14,18H,5-8,11-12H2,(H,20,22);2*1H. The molecule has 0 atom stereocenters. The highest BCUT2D eigenvalue weighted by Gasteiger charge is 2.21. The van der Waals surface area contributed by atoms with Gasteiger partial charge in [0.25, 0.3) is 0 Å². The summed E-state index contributed by atoms with van der Waals surface area (Å²) in [6, 6.07) is 7.57. The Bertz CT molecular complexity index is 631. The molecule has 1 saturated heterocycles. The van der Waals surface area contributed by atoms with Crippen LogP contribution in [-0.2, 0) is 11.3 Å². The van der Waals surface area contributed by atoms with Crippen molar-refractivity contribution >= 4 is 36.4 Å². The first-order valence-corrected chi connectivity index (χ1v) is 8.02. The van der Waals surface area contributed by atoms with Gasteiger partial charge in [0.15, 0.2) is 0 Å². The molecule has 1 fully saturated rings. The summed E-state index contributed by atoms with van der Waals surface area (Å²) in [6.45, 7) is 3.05. The molecule has 2 N–H and O–H groups in total. The quantitative estimate of drug-likeness (QED) is 0.800. The third kappa shape index (κ3) is 6.23. The number of carbonyl (C=O) groups is 1. The number of carbonyl (C=O) groups excluding carboxylic acids is 1. The van der Waals surface area contributed by atoms with Crippen molar-refractivity contribution < 1.29 is 9.53 Å². The maximum Gasteiger partial charge on any atom is 0.227 e. The van der Waals surface area contributed by atoms with Gasteiger partial charge in [0.1, 0.15) is 12.4 Å². The number of hydrogen-bond acceptors (Lipinski definition) is 4. The highest BCUT2D eigenvalue weighted by atomic mass is 35.5. The van der Waals surface area contributed by atoms with Crippen molar-refractivity contribution in [1.82, 2.24) is 14.9 Å². The van der Waals surface area contributed by atoms with Gasteiger partial charge in [-0.05, 0) is 38.1 Å². The van der Waals surface area contributed by atoms with Crippen molar-refractivity contribution in [2.24, 2.45) is 5.92 Å². The Balaban J connectivity index is 0.00000156. The van der Waals surface area contributed by atoms with Crippen LogP contribution in [0.25, 0.3) is 0 Å². The first-order chi connectivity index (χ1) is 11.3. The van der Waals surface area contributed by atoms with Gasteiger partial charge in [-0.1, -0.05) is 12.1 Å².